The minimum atomic E-state index is -0.474. The lowest BCUT2D eigenvalue weighted by Crippen LogP contribution is -2.34. The van der Waals surface area contributed by atoms with E-state index in [4.69, 9.17) is 15.3 Å². The number of hydrogen-bond donors (Lipinski definition) is 3. The number of rotatable bonds is 7. The second-order valence-electron chi connectivity index (χ2n) is 6.53. The molecule has 3 aromatic rings. The number of carbonyl (C=O) groups is 1. The zero-order valence-corrected chi connectivity index (χ0v) is 16.6. The van der Waals surface area contributed by atoms with Crippen molar-refractivity contribution in [3.8, 4) is 17.2 Å². The maximum absolute atomic E-state index is 11.6. The van der Waals surface area contributed by atoms with E-state index in [1.54, 1.807) is 0 Å². The maximum Gasteiger partial charge on any atom is 0.333 e. The Morgan fingerprint density at radius 2 is 1.79 bits per heavy atom. The Labute approximate surface area is 170 Å². The third-order valence-electron chi connectivity index (χ3n) is 4.53. The van der Waals surface area contributed by atoms with Crippen molar-refractivity contribution in [3.05, 3.63) is 83.4 Å². The summed E-state index contributed by atoms with van der Waals surface area (Å²) in [4.78, 5) is 11.6. The molecule has 3 rings (SSSR count). The average molecular weight is 391 g/mol. The number of anilines is 1. The fraction of sp³-hybridized carbons (Fsp3) is 0.174. The molecule has 0 atom stereocenters. The summed E-state index contributed by atoms with van der Waals surface area (Å²) in [6.45, 7) is 4.36. The fourth-order valence-corrected chi connectivity index (χ4v) is 3.03. The molecule has 0 bridgehead atoms. The normalized spacial score (nSPS) is 10.3. The van der Waals surface area contributed by atoms with E-state index in [0.29, 0.717) is 12.3 Å². The SMILES string of the molecule is CCc1cccc(NC(=O)NN)c1COc1ccc(Oc2ccccc2)cc1C. The Morgan fingerprint density at radius 1 is 1.00 bits per heavy atom. The van der Waals surface area contributed by atoms with Crippen molar-refractivity contribution in [2.75, 3.05) is 5.32 Å². The Balaban J connectivity index is 1.75. The smallest absolute Gasteiger partial charge is 0.333 e. The number of nitrogens with two attached hydrogens (primary N) is 1. The van der Waals surface area contributed by atoms with Crippen LogP contribution in [0.25, 0.3) is 0 Å². The van der Waals surface area contributed by atoms with Gasteiger partial charge in [-0.1, -0.05) is 37.3 Å². The van der Waals surface area contributed by atoms with Crippen molar-refractivity contribution < 1.29 is 14.3 Å². The Bertz CT molecular complexity index is 974. The summed E-state index contributed by atoms with van der Waals surface area (Å²) in [5.41, 5.74) is 5.73. The van der Waals surface area contributed by atoms with E-state index in [2.05, 4.69) is 17.7 Å². The van der Waals surface area contributed by atoms with E-state index in [1.165, 1.54) is 0 Å². The highest BCUT2D eigenvalue weighted by molar-refractivity contribution is 5.89. The van der Waals surface area contributed by atoms with Crippen molar-refractivity contribution in [3.63, 3.8) is 0 Å². The molecular weight excluding hydrogens is 366 g/mol. The maximum atomic E-state index is 11.6. The minimum Gasteiger partial charge on any atom is -0.489 e. The van der Waals surface area contributed by atoms with Gasteiger partial charge in [-0.05, 0) is 60.9 Å². The predicted octanol–water partition coefficient (Wildman–Crippen LogP) is 4.92. The number of ether oxygens (including phenoxy) is 2. The molecule has 0 spiro atoms. The topological polar surface area (TPSA) is 85.6 Å². The molecule has 0 saturated heterocycles. The van der Waals surface area contributed by atoms with E-state index in [9.17, 15) is 4.79 Å². The van der Waals surface area contributed by atoms with Gasteiger partial charge in [-0.3, -0.25) is 5.43 Å². The molecular formula is C23H25N3O3. The van der Waals surface area contributed by atoms with Gasteiger partial charge in [0.25, 0.3) is 0 Å². The first-order valence-electron chi connectivity index (χ1n) is 9.45. The van der Waals surface area contributed by atoms with Gasteiger partial charge in [0, 0.05) is 11.3 Å². The lowest BCUT2D eigenvalue weighted by Gasteiger charge is -2.17. The molecule has 0 aliphatic heterocycles. The Morgan fingerprint density at radius 3 is 2.48 bits per heavy atom. The van der Waals surface area contributed by atoms with Gasteiger partial charge in [0.2, 0.25) is 0 Å². The molecule has 0 fully saturated rings. The number of carbonyl (C=O) groups excluding carboxylic acids is 1. The van der Waals surface area contributed by atoms with E-state index in [-0.39, 0.29) is 0 Å². The summed E-state index contributed by atoms with van der Waals surface area (Å²) < 4.78 is 11.9. The fourth-order valence-electron chi connectivity index (χ4n) is 3.03. The molecule has 29 heavy (non-hydrogen) atoms. The molecule has 150 valence electrons. The van der Waals surface area contributed by atoms with Gasteiger partial charge in [0.15, 0.2) is 0 Å². The molecule has 6 nitrogen and oxygen atoms in total. The lowest BCUT2D eigenvalue weighted by molar-refractivity contribution is 0.252. The third-order valence-corrected chi connectivity index (χ3v) is 4.53. The molecule has 0 unspecified atom stereocenters. The van der Waals surface area contributed by atoms with Gasteiger partial charge in [0.05, 0.1) is 0 Å². The van der Waals surface area contributed by atoms with Gasteiger partial charge in [-0.2, -0.15) is 0 Å². The van der Waals surface area contributed by atoms with Gasteiger partial charge >= 0.3 is 6.03 Å². The van der Waals surface area contributed by atoms with Crippen molar-refractivity contribution in [2.45, 2.75) is 26.9 Å². The highest BCUT2D eigenvalue weighted by Crippen LogP contribution is 2.29. The first-order chi connectivity index (χ1) is 14.1. The number of para-hydroxylation sites is 1. The van der Waals surface area contributed by atoms with Gasteiger partial charge in [0.1, 0.15) is 23.9 Å². The average Bonchev–Trinajstić information content (AvgIpc) is 2.74. The molecule has 0 saturated carbocycles. The van der Waals surface area contributed by atoms with Crippen LogP contribution in [0.1, 0.15) is 23.6 Å². The highest BCUT2D eigenvalue weighted by Gasteiger charge is 2.12. The molecule has 6 heteroatoms. The quantitative estimate of drug-likeness (QED) is 0.303. The van der Waals surface area contributed by atoms with Crippen molar-refractivity contribution >= 4 is 11.7 Å². The van der Waals surface area contributed by atoms with E-state index in [1.807, 2.05) is 73.7 Å². The number of nitrogens with one attached hydrogen (secondary N) is 2. The second-order valence-corrected chi connectivity index (χ2v) is 6.53. The minimum absolute atomic E-state index is 0.323. The van der Waals surface area contributed by atoms with E-state index in [0.717, 1.165) is 40.4 Å². The Hall–Kier alpha value is -3.51. The number of benzene rings is 3. The monoisotopic (exact) mass is 391 g/mol. The van der Waals surface area contributed by atoms with E-state index >= 15 is 0 Å². The van der Waals surface area contributed by atoms with Crippen LogP contribution in [-0.4, -0.2) is 6.03 Å². The van der Waals surface area contributed by atoms with Gasteiger partial charge in [-0.15, -0.1) is 0 Å². The zero-order valence-electron chi connectivity index (χ0n) is 16.6. The molecule has 0 aliphatic carbocycles. The van der Waals surface area contributed by atoms with Crippen LogP contribution in [0, 0.1) is 6.92 Å². The standard InChI is InChI=1S/C23H25N3O3/c1-3-17-8-7-11-21(25-23(27)26-24)20(17)15-28-22-13-12-19(14-16(22)2)29-18-9-5-4-6-10-18/h4-14H,3,15,24H2,1-2H3,(H2,25,26,27). The number of urea groups is 1. The molecule has 0 radical (unpaired) electrons. The second kappa shape index (κ2) is 9.61. The first-order valence-corrected chi connectivity index (χ1v) is 9.45. The van der Waals surface area contributed by atoms with Crippen LogP contribution in [-0.2, 0) is 13.0 Å². The van der Waals surface area contributed by atoms with Gasteiger partial charge in [-0.25, -0.2) is 10.6 Å². The molecule has 4 N–H and O–H groups in total. The van der Waals surface area contributed by atoms with Crippen LogP contribution in [0.3, 0.4) is 0 Å². The molecule has 0 aliphatic rings. The van der Waals surface area contributed by atoms with E-state index < -0.39 is 6.03 Å². The van der Waals surface area contributed by atoms with Crippen LogP contribution in [0.15, 0.2) is 66.7 Å². The molecule has 0 aromatic heterocycles. The van der Waals surface area contributed by atoms with Crippen LogP contribution in [0.2, 0.25) is 0 Å². The van der Waals surface area contributed by atoms with Crippen LogP contribution < -0.4 is 26.1 Å². The lowest BCUT2D eigenvalue weighted by atomic mass is 10.0. The summed E-state index contributed by atoms with van der Waals surface area (Å²) >= 11 is 0. The molecule has 2 amide bonds. The molecule has 3 aromatic carbocycles. The largest absolute Gasteiger partial charge is 0.489 e. The number of amides is 2. The third kappa shape index (κ3) is 5.27. The summed E-state index contributed by atoms with van der Waals surface area (Å²) in [5.74, 6) is 7.48. The summed E-state index contributed by atoms with van der Waals surface area (Å²) in [5, 5.41) is 2.75. The number of hydrogen-bond acceptors (Lipinski definition) is 4. The van der Waals surface area contributed by atoms with Crippen molar-refractivity contribution in [1.29, 1.82) is 0 Å². The Kier molecular flexibility index (Phi) is 6.71. The summed E-state index contributed by atoms with van der Waals surface area (Å²) in [6, 6.07) is 20.6. The predicted molar refractivity (Wildman–Crippen MR) is 114 cm³/mol. The van der Waals surface area contributed by atoms with Crippen molar-refractivity contribution in [2.24, 2.45) is 5.84 Å². The first kappa shape index (κ1) is 20.2. The number of hydrazine groups is 1. The summed E-state index contributed by atoms with van der Waals surface area (Å²) in [6.07, 6.45) is 0.821. The van der Waals surface area contributed by atoms with Gasteiger partial charge < -0.3 is 14.8 Å². The highest BCUT2D eigenvalue weighted by atomic mass is 16.5. The molecule has 0 heterocycles. The van der Waals surface area contributed by atoms with Crippen LogP contribution in [0.5, 0.6) is 17.2 Å². The number of aryl methyl sites for hydroxylation is 2. The summed E-state index contributed by atoms with van der Waals surface area (Å²) in [7, 11) is 0. The van der Waals surface area contributed by atoms with Crippen LogP contribution in [0.4, 0.5) is 10.5 Å². The van der Waals surface area contributed by atoms with Crippen LogP contribution >= 0.6 is 0 Å². The zero-order chi connectivity index (χ0) is 20.6. The van der Waals surface area contributed by atoms with Crippen molar-refractivity contribution in [1.82, 2.24) is 5.43 Å².